The van der Waals surface area contributed by atoms with Crippen LogP contribution in [-0.2, 0) is 6.54 Å². The number of hydrogen-bond acceptors (Lipinski definition) is 4. The van der Waals surface area contributed by atoms with Gasteiger partial charge in [-0.1, -0.05) is 24.3 Å². The second kappa shape index (κ2) is 7.55. The van der Waals surface area contributed by atoms with Crippen molar-refractivity contribution in [3.63, 3.8) is 0 Å². The second-order valence-electron chi connectivity index (χ2n) is 6.54. The molecule has 0 fully saturated rings. The lowest BCUT2D eigenvalue weighted by molar-refractivity contribution is -0.384. The molecular weight excluding hydrogens is 368 g/mol. The van der Waals surface area contributed by atoms with E-state index in [1.54, 1.807) is 6.21 Å². The zero-order valence-corrected chi connectivity index (χ0v) is 15.7. The molecule has 3 aromatic carbocycles. The van der Waals surface area contributed by atoms with E-state index >= 15 is 0 Å². The fraction of sp³-hybridized carbons (Fsp3) is 0.0909. The number of carbonyl (C=O) groups is 1. The highest BCUT2D eigenvalue weighted by atomic mass is 16.6. The summed E-state index contributed by atoms with van der Waals surface area (Å²) < 4.78 is 2.27. The Balaban J connectivity index is 1.56. The van der Waals surface area contributed by atoms with E-state index < -0.39 is 10.8 Å². The Bertz CT molecular complexity index is 1260. The number of non-ortho nitro benzene ring substituents is 1. The molecule has 0 atom stereocenters. The Morgan fingerprint density at radius 1 is 1.07 bits per heavy atom. The monoisotopic (exact) mass is 386 g/mol. The number of nitrogens with one attached hydrogen (secondary N) is 1. The van der Waals surface area contributed by atoms with E-state index in [2.05, 4.69) is 40.2 Å². The van der Waals surface area contributed by atoms with Gasteiger partial charge in [-0.25, -0.2) is 5.43 Å². The maximum atomic E-state index is 12.1. The third-order valence-electron chi connectivity index (χ3n) is 4.83. The lowest BCUT2D eigenvalue weighted by atomic mass is 10.1. The Hall–Kier alpha value is -4.00. The first-order valence-electron chi connectivity index (χ1n) is 9.17. The van der Waals surface area contributed by atoms with Crippen LogP contribution in [0.1, 0.15) is 22.8 Å². The van der Waals surface area contributed by atoms with Crippen LogP contribution >= 0.6 is 0 Å². The zero-order valence-electron chi connectivity index (χ0n) is 15.7. The fourth-order valence-electron chi connectivity index (χ4n) is 3.46. The first-order chi connectivity index (χ1) is 14.1. The average molecular weight is 386 g/mol. The molecule has 144 valence electrons. The molecule has 4 aromatic rings. The van der Waals surface area contributed by atoms with Gasteiger partial charge in [0.2, 0.25) is 0 Å². The van der Waals surface area contributed by atoms with Crippen molar-refractivity contribution in [1.82, 2.24) is 9.99 Å². The van der Waals surface area contributed by atoms with Gasteiger partial charge in [0, 0.05) is 46.0 Å². The summed E-state index contributed by atoms with van der Waals surface area (Å²) in [7, 11) is 0. The summed E-state index contributed by atoms with van der Waals surface area (Å²) in [6.07, 6.45) is 1.58. The van der Waals surface area contributed by atoms with Crippen LogP contribution in [0.4, 0.5) is 5.69 Å². The van der Waals surface area contributed by atoms with Crippen LogP contribution in [0.25, 0.3) is 21.8 Å². The number of nitrogens with zero attached hydrogens (tertiary/aromatic N) is 3. The molecule has 0 bridgehead atoms. The van der Waals surface area contributed by atoms with Gasteiger partial charge >= 0.3 is 0 Å². The number of para-hydroxylation sites is 1. The van der Waals surface area contributed by atoms with Crippen LogP contribution in [0.15, 0.2) is 71.8 Å². The van der Waals surface area contributed by atoms with Gasteiger partial charge in [-0.3, -0.25) is 14.9 Å². The molecule has 0 spiro atoms. The number of hydrogen-bond donors (Lipinski definition) is 1. The molecule has 7 heteroatoms. The third-order valence-corrected chi connectivity index (χ3v) is 4.83. The quantitative estimate of drug-likeness (QED) is 0.311. The molecule has 1 N–H and O–H groups in total. The molecule has 29 heavy (non-hydrogen) atoms. The Morgan fingerprint density at radius 2 is 1.79 bits per heavy atom. The highest BCUT2D eigenvalue weighted by molar-refractivity contribution is 6.09. The third kappa shape index (κ3) is 3.45. The summed E-state index contributed by atoms with van der Waals surface area (Å²) in [5.41, 5.74) is 5.89. The van der Waals surface area contributed by atoms with Crippen molar-refractivity contribution < 1.29 is 9.72 Å². The predicted octanol–water partition coefficient (Wildman–Crippen LogP) is 4.49. The maximum Gasteiger partial charge on any atom is 0.271 e. The predicted molar refractivity (Wildman–Crippen MR) is 113 cm³/mol. The van der Waals surface area contributed by atoms with Gasteiger partial charge in [0.15, 0.2) is 0 Å². The highest BCUT2D eigenvalue weighted by Crippen LogP contribution is 2.29. The van der Waals surface area contributed by atoms with Crippen LogP contribution in [0.3, 0.4) is 0 Å². The van der Waals surface area contributed by atoms with Crippen LogP contribution in [0.2, 0.25) is 0 Å². The van der Waals surface area contributed by atoms with Gasteiger partial charge in [0.1, 0.15) is 0 Å². The summed E-state index contributed by atoms with van der Waals surface area (Å²) in [5, 5.41) is 17.0. The normalized spacial score (nSPS) is 11.3. The molecule has 4 rings (SSSR count). The van der Waals surface area contributed by atoms with Crippen LogP contribution < -0.4 is 5.43 Å². The van der Waals surface area contributed by atoms with E-state index in [4.69, 9.17) is 0 Å². The smallest absolute Gasteiger partial charge is 0.271 e. The van der Waals surface area contributed by atoms with Crippen molar-refractivity contribution in [1.29, 1.82) is 0 Å². The summed E-state index contributed by atoms with van der Waals surface area (Å²) >= 11 is 0. The molecule has 0 saturated carbocycles. The topological polar surface area (TPSA) is 89.5 Å². The Kier molecular flexibility index (Phi) is 4.78. The van der Waals surface area contributed by atoms with Crippen molar-refractivity contribution in [3.05, 3.63) is 88.0 Å². The van der Waals surface area contributed by atoms with Gasteiger partial charge < -0.3 is 4.57 Å². The number of hydrazone groups is 1. The number of amides is 1. The van der Waals surface area contributed by atoms with Gasteiger partial charge in [0.05, 0.1) is 11.1 Å². The largest absolute Gasteiger partial charge is 0.341 e. The standard InChI is InChI=1S/C22H18N4O3/c1-2-25-20-6-4-3-5-18(20)19-13-15(7-12-21(19)25)14-23-24-22(27)16-8-10-17(11-9-16)26(28)29/h3-14H,2H2,1H3,(H,24,27)/b23-14+. The summed E-state index contributed by atoms with van der Waals surface area (Å²) in [6.45, 7) is 3.00. The molecule has 0 saturated heterocycles. The van der Waals surface area contributed by atoms with Crippen molar-refractivity contribution in [2.75, 3.05) is 0 Å². The lowest BCUT2D eigenvalue weighted by Gasteiger charge is -2.03. The van der Waals surface area contributed by atoms with Gasteiger partial charge in [0.25, 0.3) is 11.6 Å². The maximum absolute atomic E-state index is 12.1. The van der Waals surface area contributed by atoms with E-state index in [1.807, 2.05) is 24.3 Å². The number of carbonyl (C=O) groups excluding carboxylic acids is 1. The number of aryl methyl sites for hydroxylation is 1. The Labute approximate surface area is 166 Å². The second-order valence-corrected chi connectivity index (χ2v) is 6.54. The molecule has 0 unspecified atom stereocenters. The summed E-state index contributed by atoms with van der Waals surface area (Å²) in [6, 6.07) is 19.7. The van der Waals surface area contributed by atoms with E-state index in [0.29, 0.717) is 5.56 Å². The lowest BCUT2D eigenvalue weighted by Crippen LogP contribution is -2.17. The summed E-state index contributed by atoms with van der Waals surface area (Å²) in [5.74, 6) is -0.431. The minimum Gasteiger partial charge on any atom is -0.341 e. The fourth-order valence-corrected chi connectivity index (χ4v) is 3.46. The van der Waals surface area contributed by atoms with Crippen LogP contribution in [-0.4, -0.2) is 21.6 Å². The molecule has 7 nitrogen and oxygen atoms in total. The van der Waals surface area contributed by atoms with Crippen LogP contribution in [0, 0.1) is 10.1 Å². The molecule has 1 amide bonds. The highest BCUT2D eigenvalue weighted by Gasteiger charge is 2.10. The molecule has 1 aromatic heterocycles. The first-order valence-corrected chi connectivity index (χ1v) is 9.17. The molecule has 0 aliphatic rings. The van der Waals surface area contributed by atoms with E-state index in [1.165, 1.54) is 35.2 Å². The zero-order chi connectivity index (χ0) is 20.4. The van der Waals surface area contributed by atoms with E-state index in [9.17, 15) is 14.9 Å². The molecule has 1 heterocycles. The van der Waals surface area contributed by atoms with Crippen molar-refractivity contribution >= 4 is 39.6 Å². The van der Waals surface area contributed by atoms with Crippen molar-refractivity contribution in [2.45, 2.75) is 13.5 Å². The number of benzene rings is 3. The SMILES string of the molecule is CCn1c2ccccc2c2cc(/C=N/NC(=O)c3ccc([N+](=O)[O-])cc3)ccc21. The van der Waals surface area contributed by atoms with E-state index in [0.717, 1.165) is 23.0 Å². The number of aromatic nitrogens is 1. The number of rotatable bonds is 5. The number of fused-ring (bicyclic) bond motifs is 3. The minimum atomic E-state index is -0.508. The van der Waals surface area contributed by atoms with Crippen LogP contribution in [0.5, 0.6) is 0 Å². The van der Waals surface area contributed by atoms with E-state index in [-0.39, 0.29) is 5.69 Å². The van der Waals surface area contributed by atoms with Crippen molar-refractivity contribution in [2.24, 2.45) is 5.10 Å². The molecule has 0 aliphatic carbocycles. The molecule has 0 radical (unpaired) electrons. The molecule has 0 aliphatic heterocycles. The van der Waals surface area contributed by atoms with Gasteiger partial charge in [-0.15, -0.1) is 0 Å². The minimum absolute atomic E-state index is 0.0652. The van der Waals surface area contributed by atoms with Gasteiger partial charge in [-0.2, -0.15) is 5.10 Å². The average Bonchev–Trinajstić information content (AvgIpc) is 3.07. The van der Waals surface area contributed by atoms with Gasteiger partial charge in [-0.05, 0) is 42.8 Å². The molecular formula is C22H18N4O3. The number of nitro benzene ring substituents is 1. The van der Waals surface area contributed by atoms with Crippen molar-refractivity contribution in [3.8, 4) is 0 Å². The summed E-state index contributed by atoms with van der Waals surface area (Å²) in [4.78, 5) is 22.3. The first kappa shape index (κ1) is 18.4. The Morgan fingerprint density at radius 3 is 2.52 bits per heavy atom. The number of nitro groups is 1.